The minimum absolute atomic E-state index is 0.198. The Morgan fingerprint density at radius 2 is 0.925 bits per heavy atom. The lowest BCUT2D eigenvalue weighted by atomic mass is 10.0. The minimum Gasteiger partial charge on any atom is -0.396 e. The average Bonchev–Trinajstić information content (AvgIpc) is 3.44. The number of hydrogen-bond acceptors (Lipinski definition) is 4. The zero-order chi connectivity index (χ0) is 30.8. The first-order chi connectivity index (χ1) is 18.1. The summed E-state index contributed by atoms with van der Waals surface area (Å²) in [7, 11) is -5.01. The van der Waals surface area contributed by atoms with E-state index in [-0.39, 0.29) is 27.2 Å². The summed E-state index contributed by atoms with van der Waals surface area (Å²) in [5.41, 5.74) is 0.582. The van der Waals surface area contributed by atoms with E-state index in [9.17, 15) is 5.11 Å². The van der Waals surface area contributed by atoms with Crippen LogP contribution in [0.5, 0.6) is 0 Å². The third kappa shape index (κ3) is 7.71. The molecular formula is C34H69NO3P2. The van der Waals surface area contributed by atoms with E-state index in [4.69, 9.17) is 0 Å². The smallest absolute Gasteiger partial charge is 0.101 e. The van der Waals surface area contributed by atoms with Gasteiger partial charge >= 0.3 is 0 Å². The molecule has 0 aromatic rings. The molecule has 0 aromatic heterocycles. The van der Waals surface area contributed by atoms with E-state index < -0.39 is 14.3 Å². The van der Waals surface area contributed by atoms with Crippen molar-refractivity contribution in [3.63, 3.8) is 0 Å². The predicted molar refractivity (Wildman–Crippen MR) is 178 cm³/mol. The van der Waals surface area contributed by atoms with E-state index in [1.165, 1.54) is 25.7 Å². The van der Waals surface area contributed by atoms with Crippen LogP contribution < -0.4 is 0 Å². The van der Waals surface area contributed by atoms with Gasteiger partial charge in [-0.2, -0.15) is 0 Å². The Bertz CT molecular complexity index is 785. The molecule has 4 unspecified atom stereocenters. The molecule has 4 nitrogen and oxygen atoms in total. The summed E-state index contributed by atoms with van der Waals surface area (Å²) in [5.74, 6) is 0.942. The summed E-state index contributed by atoms with van der Waals surface area (Å²) >= 11 is 0. The second-order valence-corrected chi connectivity index (χ2v) is 26.7. The molecule has 0 aromatic carbocycles. The Kier molecular flexibility index (Phi) is 12.4. The second kappa shape index (κ2) is 13.6. The van der Waals surface area contributed by atoms with Crippen molar-refractivity contribution in [2.75, 3.05) is 26.2 Å². The number of unbranched alkanes of at least 4 members (excludes halogenated alkanes) is 3. The van der Waals surface area contributed by atoms with Crippen LogP contribution in [0.1, 0.15) is 147 Å². The molecule has 40 heavy (non-hydrogen) atoms. The Morgan fingerprint density at radius 3 is 1.25 bits per heavy atom. The van der Waals surface area contributed by atoms with Gasteiger partial charge in [0.1, 0.15) is 14.3 Å². The van der Waals surface area contributed by atoms with Gasteiger partial charge in [-0.1, -0.05) is 109 Å². The molecule has 0 saturated heterocycles. The summed E-state index contributed by atoms with van der Waals surface area (Å²) in [6, 6.07) is 0. The lowest BCUT2D eigenvalue weighted by Gasteiger charge is -2.48. The lowest BCUT2D eigenvalue weighted by Crippen LogP contribution is -2.43. The average molecular weight is 602 g/mol. The van der Waals surface area contributed by atoms with Gasteiger partial charge in [0.25, 0.3) is 0 Å². The molecule has 6 heteroatoms. The maximum absolute atomic E-state index is 15.1. The molecule has 0 bridgehead atoms. The molecule has 4 atom stereocenters. The van der Waals surface area contributed by atoms with Crippen molar-refractivity contribution in [1.82, 2.24) is 4.90 Å². The van der Waals surface area contributed by atoms with Crippen molar-refractivity contribution in [2.45, 2.75) is 179 Å². The van der Waals surface area contributed by atoms with Crippen LogP contribution >= 0.6 is 14.3 Å². The fraction of sp³-hybridized carbons (Fsp3) is 1.00. The van der Waals surface area contributed by atoms with E-state index in [0.717, 1.165) is 58.2 Å². The standard InChI is InChI=1S/C34H69NO3P2/c1-31(2,3)39(37,32(4,5)6)29-21-17-19-27(29)25-35(23-15-13-14-16-24-36)26-28-20-18-22-30(28)40(38,33(7,8)9)34(10,11)12/h27-30,36H,13-26H2,1-12H3. The van der Waals surface area contributed by atoms with Crippen LogP contribution in [-0.2, 0) is 9.13 Å². The largest absolute Gasteiger partial charge is 0.396 e. The number of nitrogens with zero attached hydrogens (tertiary/aromatic N) is 1. The zero-order valence-corrected chi connectivity index (χ0v) is 30.6. The van der Waals surface area contributed by atoms with E-state index in [1.807, 2.05) is 0 Å². The van der Waals surface area contributed by atoms with Crippen LogP contribution in [-0.4, -0.2) is 68.2 Å². The van der Waals surface area contributed by atoms with Gasteiger partial charge in [0.15, 0.2) is 0 Å². The van der Waals surface area contributed by atoms with Gasteiger partial charge in [0, 0.05) is 51.6 Å². The highest BCUT2D eigenvalue weighted by Crippen LogP contribution is 2.74. The molecule has 238 valence electrons. The Morgan fingerprint density at radius 1 is 0.575 bits per heavy atom. The Balaban J connectivity index is 2.37. The summed E-state index contributed by atoms with van der Waals surface area (Å²) in [5, 5.41) is 8.47. The first-order valence-electron chi connectivity index (χ1n) is 16.7. The van der Waals surface area contributed by atoms with Gasteiger partial charge in [0.05, 0.1) is 0 Å². The first kappa shape index (κ1) is 36.6. The summed E-state index contributed by atoms with van der Waals surface area (Å²) < 4.78 is 30.1. The highest BCUT2D eigenvalue weighted by molar-refractivity contribution is 7.68. The summed E-state index contributed by atoms with van der Waals surface area (Å²) in [6.45, 7) is 30.0. The predicted octanol–water partition coefficient (Wildman–Crippen LogP) is 10.1. The van der Waals surface area contributed by atoms with E-state index in [1.54, 1.807) is 0 Å². The van der Waals surface area contributed by atoms with Crippen molar-refractivity contribution in [2.24, 2.45) is 11.8 Å². The monoisotopic (exact) mass is 601 g/mol. The van der Waals surface area contributed by atoms with Crippen molar-refractivity contribution >= 4 is 14.3 Å². The lowest BCUT2D eigenvalue weighted by molar-refractivity contribution is 0.194. The molecule has 0 heterocycles. The summed E-state index contributed by atoms with van der Waals surface area (Å²) in [4.78, 5) is 2.72. The molecule has 0 spiro atoms. The van der Waals surface area contributed by atoms with Crippen molar-refractivity contribution < 1.29 is 14.2 Å². The minimum atomic E-state index is -2.51. The number of hydrogen-bond donors (Lipinski definition) is 1. The van der Waals surface area contributed by atoms with Crippen LogP contribution in [0.15, 0.2) is 0 Å². The van der Waals surface area contributed by atoms with Crippen molar-refractivity contribution in [1.29, 1.82) is 0 Å². The maximum atomic E-state index is 15.1. The normalized spacial score (nSPS) is 25.8. The van der Waals surface area contributed by atoms with Gasteiger partial charge in [0.2, 0.25) is 0 Å². The molecule has 0 radical (unpaired) electrons. The molecular weight excluding hydrogens is 532 g/mol. The van der Waals surface area contributed by atoms with E-state index in [2.05, 4.69) is 88.0 Å². The van der Waals surface area contributed by atoms with Gasteiger partial charge in [-0.25, -0.2) is 0 Å². The highest BCUT2D eigenvalue weighted by Gasteiger charge is 2.56. The molecule has 2 rings (SSSR count). The second-order valence-electron chi connectivity index (χ2n) is 17.4. The van der Waals surface area contributed by atoms with Crippen LogP contribution in [0.3, 0.4) is 0 Å². The number of rotatable bonds is 12. The fourth-order valence-corrected chi connectivity index (χ4v) is 19.9. The molecule has 2 saturated carbocycles. The molecule has 0 aliphatic heterocycles. The molecule has 2 aliphatic carbocycles. The maximum Gasteiger partial charge on any atom is 0.101 e. The Hall–Kier alpha value is 0.380. The molecule has 2 aliphatic rings. The van der Waals surface area contributed by atoms with Gasteiger partial charge < -0.3 is 19.1 Å². The third-order valence-electron chi connectivity index (χ3n) is 10.5. The number of aliphatic hydroxyl groups is 1. The van der Waals surface area contributed by atoms with Crippen LogP contribution in [0.2, 0.25) is 0 Å². The summed E-state index contributed by atoms with van der Waals surface area (Å²) in [6.07, 6.45) is 11.2. The van der Waals surface area contributed by atoms with Crippen LogP contribution in [0, 0.1) is 11.8 Å². The van der Waals surface area contributed by atoms with Crippen LogP contribution in [0.25, 0.3) is 0 Å². The highest BCUT2D eigenvalue weighted by atomic mass is 31.2. The Labute approximate surface area is 250 Å². The van der Waals surface area contributed by atoms with Crippen LogP contribution in [0.4, 0.5) is 0 Å². The fourth-order valence-electron chi connectivity index (χ4n) is 9.14. The van der Waals surface area contributed by atoms with Crippen molar-refractivity contribution in [3.05, 3.63) is 0 Å². The zero-order valence-electron chi connectivity index (χ0n) is 28.8. The third-order valence-corrected chi connectivity index (χ3v) is 21.7. The SMILES string of the molecule is CC(C)(C)P(=O)(C1CCCC1CN(CCCCCCO)CC1CCCC1P(=O)(C(C)(C)C)C(C)(C)C)C(C)(C)C. The molecule has 1 N–H and O–H groups in total. The molecule has 0 amide bonds. The van der Waals surface area contributed by atoms with E-state index in [0.29, 0.717) is 23.2 Å². The van der Waals surface area contributed by atoms with Gasteiger partial charge in [-0.05, 0) is 56.9 Å². The topological polar surface area (TPSA) is 57.6 Å². The van der Waals surface area contributed by atoms with Gasteiger partial charge in [-0.15, -0.1) is 0 Å². The van der Waals surface area contributed by atoms with Crippen molar-refractivity contribution in [3.8, 4) is 0 Å². The van der Waals surface area contributed by atoms with E-state index >= 15 is 9.13 Å². The molecule has 2 fully saturated rings. The van der Waals surface area contributed by atoms with Gasteiger partial charge in [-0.3, -0.25) is 0 Å². The first-order valence-corrected chi connectivity index (χ1v) is 20.2. The quantitative estimate of drug-likeness (QED) is 0.179. The number of aliphatic hydroxyl groups excluding tert-OH is 1.